The Bertz CT molecular complexity index is 437. The summed E-state index contributed by atoms with van der Waals surface area (Å²) in [6, 6.07) is 3.04. The zero-order valence-electron chi connectivity index (χ0n) is 11.0. The van der Waals surface area contributed by atoms with E-state index in [0.717, 1.165) is 0 Å². The van der Waals surface area contributed by atoms with Crippen molar-refractivity contribution in [1.29, 1.82) is 0 Å². The highest BCUT2D eigenvalue weighted by molar-refractivity contribution is 7.99. The maximum atomic E-state index is 10.9. The van der Waals surface area contributed by atoms with E-state index in [1.807, 2.05) is 6.26 Å². The average Bonchev–Trinajstić information content (AvgIpc) is 2.36. The number of nitrogens with zero attached hydrogens (tertiary/aromatic N) is 2. The van der Waals surface area contributed by atoms with Gasteiger partial charge in [0.1, 0.15) is 5.82 Å². The van der Waals surface area contributed by atoms with Gasteiger partial charge in [-0.25, -0.2) is 4.98 Å². The van der Waals surface area contributed by atoms with Gasteiger partial charge < -0.3 is 10.6 Å². The molecule has 6 nitrogen and oxygen atoms in total. The van der Waals surface area contributed by atoms with Crippen LogP contribution in [-0.2, 0) is 0 Å². The van der Waals surface area contributed by atoms with Crippen LogP contribution in [0.5, 0.6) is 0 Å². The number of hydrogen-bond acceptors (Lipinski definition) is 6. The topological polar surface area (TPSA) is 80.1 Å². The van der Waals surface area contributed by atoms with Crippen molar-refractivity contribution in [3.63, 3.8) is 0 Å². The molecule has 0 aliphatic heterocycles. The Morgan fingerprint density at radius 1 is 1.50 bits per heavy atom. The second kappa shape index (κ2) is 5.90. The number of rotatable bonds is 6. The van der Waals surface area contributed by atoms with Gasteiger partial charge in [-0.3, -0.25) is 10.1 Å². The fourth-order valence-electron chi connectivity index (χ4n) is 1.24. The summed E-state index contributed by atoms with van der Waals surface area (Å²) in [7, 11) is 1.73. The zero-order valence-corrected chi connectivity index (χ0v) is 11.8. The maximum absolute atomic E-state index is 10.9. The number of pyridine rings is 1. The number of nitro groups is 1. The lowest BCUT2D eigenvalue weighted by Crippen LogP contribution is -2.26. The summed E-state index contributed by atoms with van der Waals surface area (Å²) < 4.78 is -0.00873. The van der Waals surface area contributed by atoms with E-state index < -0.39 is 4.92 Å². The first kappa shape index (κ1) is 14.6. The fraction of sp³-hybridized carbons (Fsp3) is 0.545. The van der Waals surface area contributed by atoms with Gasteiger partial charge in [0.05, 0.1) is 4.92 Å². The van der Waals surface area contributed by atoms with Crippen LogP contribution in [0.2, 0.25) is 0 Å². The molecule has 0 saturated heterocycles. The van der Waals surface area contributed by atoms with Crippen molar-refractivity contribution in [2.24, 2.45) is 0 Å². The third kappa shape index (κ3) is 3.76. The van der Waals surface area contributed by atoms with Gasteiger partial charge >= 0.3 is 5.69 Å². The van der Waals surface area contributed by atoms with Crippen molar-refractivity contribution >= 4 is 29.1 Å². The van der Waals surface area contributed by atoms with Crippen LogP contribution in [0.4, 0.5) is 17.3 Å². The van der Waals surface area contributed by atoms with E-state index in [1.165, 1.54) is 6.07 Å². The van der Waals surface area contributed by atoms with Crippen molar-refractivity contribution in [3.05, 3.63) is 22.2 Å². The highest BCUT2D eigenvalue weighted by Crippen LogP contribution is 2.26. The van der Waals surface area contributed by atoms with Gasteiger partial charge in [-0.1, -0.05) is 0 Å². The number of hydrogen-bond donors (Lipinski definition) is 2. The molecule has 0 bridgehead atoms. The second-order valence-corrected chi connectivity index (χ2v) is 5.90. The molecule has 7 heteroatoms. The van der Waals surface area contributed by atoms with Crippen LogP contribution in [0, 0.1) is 10.1 Å². The lowest BCUT2D eigenvalue weighted by atomic mass is 10.2. The minimum atomic E-state index is -0.430. The van der Waals surface area contributed by atoms with Crippen molar-refractivity contribution in [1.82, 2.24) is 4.98 Å². The summed E-state index contributed by atoms with van der Waals surface area (Å²) in [6.07, 6.45) is 2.01. The minimum Gasteiger partial charge on any atom is -0.373 e. The molecule has 0 unspecified atom stereocenters. The number of aromatic nitrogens is 1. The normalized spacial score (nSPS) is 11.1. The van der Waals surface area contributed by atoms with E-state index in [0.29, 0.717) is 18.2 Å². The Kier molecular flexibility index (Phi) is 4.77. The zero-order chi connectivity index (χ0) is 13.8. The first-order chi connectivity index (χ1) is 8.39. The molecule has 0 amide bonds. The van der Waals surface area contributed by atoms with Crippen molar-refractivity contribution in [3.8, 4) is 0 Å². The van der Waals surface area contributed by atoms with Gasteiger partial charge in [-0.2, -0.15) is 11.8 Å². The highest BCUT2D eigenvalue weighted by Gasteiger charge is 2.20. The third-order valence-corrected chi connectivity index (χ3v) is 3.81. The van der Waals surface area contributed by atoms with Crippen LogP contribution in [0.15, 0.2) is 12.1 Å². The SMILES string of the molecule is CNc1ccc([N+](=O)[O-])c(NCC(C)(C)SC)n1. The highest BCUT2D eigenvalue weighted by atomic mass is 32.2. The summed E-state index contributed by atoms with van der Waals surface area (Å²) in [5.74, 6) is 0.902. The largest absolute Gasteiger partial charge is 0.373 e. The van der Waals surface area contributed by atoms with Gasteiger partial charge in [0, 0.05) is 24.4 Å². The molecule has 0 atom stereocenters. The molecule has 100 valence electrons. The van der Waals surface area contributed by atoms with Crippen LogP contribution in [0.3, 0.4) is 0 Å². The van der Waals surface area contributed by atoms with E-state index in [9.17, 15) is 10.1 Å². The molecule has 1 aromatic rings. The fourth-order valence-corrected chi connectivity index (χ4v) is 1.45. The van der Waals surface area contributed by atoms with E-state index in [2.05, 4.69) is 29.5 Å². The van der Waals surface area contributed by atoms with Crippen molar-refractivity contribution in [2.45, 2.75) is 18.6 Å². The van der Waals surface area contributed by atoms with Gasteiger partial charge in [0.25, 0.3) is 0 Å². The predicted molar refractivity (Wildman–Crippen MR) is 76.5 cm³/mol. The lowest BCUT2D eigenvalue weighted by Gasteiger charge is -2.22. The van der Waals surface area contributed by atoms with Gasteiger partial charge in [0.15, 0.2) is 0 Å². The number of anilines is 2. The predicted octanol–water partition coefficient (Wildman–Crippen LogP) is 2.59. The summed E-state index contributed by atoms with van der Waals surface area (Å²) >= 11 is 1.69. The average molecular weight is 270 g/mol. The molecule has 18 heavy (non-hydrogen) atoms. The van der Waals surface area contributed by atoms with Crippen LogP contribution >= 0.6 is 11.8 Å². The molecule has 2 N–H and O–H groups in total. The first-order valence-electron chi connectivity index (χ1n) is 5.52. The van der Waals surface area contributed by atoms with Gasteiger partial charge in [-0.15, -0.1) is 0 Å². The Labute approximate surface area is 111 Å². The van der Waals surface area contributed by atoms with E-state index in [4.69, 9.17) is 0 Å². The number of thioether (sulfide) groups is 1. The monoisotopic (exact) mass is 270 g/mol. The standard InChI is InChI=1S/C11H18N4O2S/c1-11(2,18-4)7-13-10-8(15(16)17)5-6-9(12-3)14-10/h5-6H,7H2,1-4H3,(H2,12,13,14). The molecular weight excluding hydrogens is 252 g/mol. The Hall–Kier alpha value is -1.50. The van der Waals surface area contributed by atoms with Gasteiger partial charge in [-0.05, 0) is 26.2 Å². The molecule has 0 aliphatic rings. The summed E-state index contributed by atoms with van der Waals surface area (Å²) in [5.41, 5.74) is -0.00842. The van der Waals surface area contributed by atoms with Crippen LogP contribution in [-0.4, -0.2) is 34.5 Å². The van der Waals surface area contributed by atoms with Crippen molar-refractivity contribution < 1.29 is 4.92 Å². The molecule has 0 aromatic carbocycles. The van der Waals surface area contributed by atoms with E-state index >= 15 is 0 Å². The van der Waals surface area contributed by atoms with Crippen LogP contribution in [0.1, 0.15) is 13.8 Å². The third-order valence-electron chi connectivity index (χ3n) is 2.56. The molecule has 1 aromatic heterocycles. The molecule has 1 heterocycles. The molecule has 0 saturated carbocycles. The molecule has 0 radical (unpaired) electrons. The number of nitrogens with one attached hydrogen (secondary N) is 2. The van der Waals surface area contributed by atoms with E-state index in [-0.39, 0.29) is 10.4 Å². The molecule has 0 spiro atoms. The smallest absolute Gasteiger partial charge is 0.311 e. The van der Waals surface area contributed by atoms with E-state index in [1.54, 1.807) is 24.9 Å². The second-order valence-electron chi connectivity index (χ2n) is 4.39. The molecule has 1 rings (SSSR count). The summed E-state index contributed by atoms with van der Waals surface area (Å²) in [5, 5.41) is 16.8. The van der Waals surface area contributed by atoms with Gasteiger partial charge in [0.2, 0.25) is 5.82 Å². The molecular formula is C11H18N4O2S. The Morgan fingerprint density at radius 3 is 2.67 bits per heavy atom. The van der Waals surface area contributed by atoms with Crippen LogP contribution < -0.4 is 10.6 Å². The minimum absolute atomic E-state index is 0.00842. The summed E-state index contributed by atoms with van der Waals surface area (Å²) in [6.45, 7) is 4.74. The molecule has 0 fully saturated rings. The Morgan fingerprint density at radius 2 is 2.17 bits per heavy atom. The molecule has 0 aliphatic carbocycles. The van der Waals surface area contributed by atoms with Crippen molar-refractivity contribution in [2.75, 3.05) is 30.5 Å². The lowest BCUT2D eigenvalue weighted by molar-refractivity contribution is -0.384. The summed E-state index contributed by atoms with van der Waals surface area (Å²) in [4.78, 5) is 14.7. The van der Waals surface area contributed by atoms with Crippen LogP contribution in [0.25, 0.3) is 0 Å². The Balaban J connectivity index is 2.94. The first-order valence-corrected chi connectivity index (χ1v) is 6.74. The quantitative estimate of drug-likeness (QED) is 0.611. The maximum Gasteiger partial charge on any atom is 0.311 e.